The fourth-order valence-corrected chi connectivity index (χ4v) is 2.29. The first-order chi connectivity index (χ1) is 7.55. The Morgan fingerprint density at radius 3 is 2.18 bits per heavy atom. The lowest BCUT2D eigenvalue weighted by molar-refractivity contribution is -0.125. The van der Waals surface area contributed by atoms with Gasteiger partial charge in [-0.2, -0.15) is 17.5 Å². The average Bonchev–Trinajstić information content (AvgIpc) is 2.07. The van der Waals surface area contributed by atoms with E-state index in [4.69, 9.17) is 0 Å². The van der Waals surface area contributed by atoms with E-state index in [1.165, 1.54) is 0 Å². The fraction of sp³-hybridized carbons (Fsp3) is 0.875. The summed E-state index contributed by atoms with van der Waals surface area (Å²) in [6.07, 6.45) is 0. The van der Waals surface area contributed by atoms with Crippen LogP contribution in [0, 0.1) is 5.92 Å². The van der Waals surface area contributed by atoms with Crippen molar-refractivity contribution in [3.05, 3.63) is 0 Å². The Bertz CT molecular complexity index is 399. The van der Waals surface area contributed by atoms with E-state index in [-0.39, 0.29) is 24.9 Å². The molecule has 1 rings (SSSR count). The van der Waals surface area contributed by atoms with Gasteiger partial charge in [0.15, 0.2) is 0 Å². The Morgan fingerprint density at radius 1 is 1.35 bits per heavy atom. The summed E-state index contributed by atoms with van der Waals surface area (Å²) in [6, 6.07) is -0.540. The number of alkyl halides is 3. The number of rotatable bonds is 3. The number of hydrogen-bond donors (Lipinski definition) is 1. The van der Waals surface area contributed by atoms with E-state index in [1.54, 1.807) is 13.8 Å². The number of amides is 1. The lowest BCUT2D eigenvalue weighted by atomic mass is 10.1. The molecule has 100 valence electrons. The molecule has 1 aliphatic rings. The maximum absolute atomic E-state index is 12.1. The fourth-order valence-electron chi connectivity index (χ4n) is 1.24. The third kappa shape index (κ3) is 2.89. The van der Waals surface area contributed by atoms with Gasteiger partial charge in [0.25, 0.3) is 0 Å². The molecule has 0 aromatic heterocycles. The molecule has 1 N–H and O–H groups in total. The van der Waals surface area contributed by atoms with Crippen LogP contribution in [0.4, 0.5) is 13.2 Å². The van der Waals surface area contributed by atoms with Crippen LogP contribution < -0.4 is 5.32 Å². The monoisotopic (exact) mass is 274 g/mol. The Morgan fingerprint density at radius 2 is 1.82 bits per heavy atom. The number of carbonyl (C=O) groups excluding carboxylic acids is 1. The zero-order chi connectivity index (χ0) is 13.4. The molecule has 0 radical (unpaired) electrons. The number of sulfonamides is 1. The highest BCUT2D eigenvalue weighted by Gasteiger charge is 2.53. The highest BCUT2D eigenvalue weighted by atomic mass is 32.2. The summed E-state index contributed by atoms with van der Waals surface area (Å²) in [5, 5.41) is 2.46. The minimum atomic E-state index is -5.28. The molecule has 1 saturated heterocycles. The second-order valence-corrected chi connectivity index (χ2v) is 6.06. The SMILES string of the molecule is CC(C)C(=O)NC1CN(S(=O)(=O)C(F)(F)F)C1. The van der Waals surface area contributed by atoms with Gasteiger partial charge < -0.3 is 5.32 Å². The van der Waals surface area contributed by atoms with Crippen LogP contribution in [0.25, 0.3) is 0 Å². The first-order valence-electron chi connectivity index (χ1n) is 4.92. The molecule has 0 bridgehead atoms. The van der Waals surface area contributed by atoms with Crippen LogP contribution in [0.5, 0.6) is 0 Å². The molecule has 0 aromatic carbocycles. The van der Waals surface area contributed by atoms with Gasteiger partial charge in [0.2, 0.25) is 5.91 Å². The molecule has 0 spiro atoms. The molecule has 1 aliphatic heterocycles. The molecule has 0 aliphatic carbocycles. The van der Waals surface area contributed by atoms with Gasteiger partial charge in [-0.25, -0.2) is 8.42 Å². The summed E-state index contributed by atoms with van der Waals surface area (Å²) in [7, 11) is -5.25. The van der Waals surface area contributed by atoms with E-state index < -0.39 is 21.6 Å². The number of nitrogens with zero attached hydrogens (tertiary/aromatic N) is 1. The van der Waals surface area contributed by atoms with Gasteiger partial charge in [-0.3, -0.25) is 4.79 Å². The molecule has 1 heterocycles. The van der Waals surface area contributed by atoms with Crippen LogP contribution in [0.1, 0.15) is 13.8 Å². The Balaban J connectivity index is 2.51. The van der Waals surface area contributed by atoms with Crippen molar-refractivity contribution in [3.63, 3.8) is 0 Å². The Hall–Kier alpha value is -0.830. The number of halogens is 3. The van der Waals surface area contributed by atoms with E-state index in [1.807, 2.05) is 0 Å². The quantitative estimate of drug-likeness (QED) is 0.804. The van der Waals surface area contributed by atoms with Gasteiger partial charge in [-0.1, -0.05) is 13.8 Å². The molecule has 0 saturated carbocycles. The zero-order valence-corrected chi connectivity index (χ0v) is 10.1. The van der Waals surface area contributed by atoms with Gasteiger partial charge in [-0.05, 0) is 0 Å². The van der Waals surface area contributed by atoms with Crippen molar-refractivity contribution in [2.45, 2.75) is 25.4 Å². The number of carbonyl (C=O) groups is 1. The van der Waals surface area contributed by atoms with Crippen molar-refractivity contribution in [3.8, 4) is 0 Å². The first-order valence-corrected chi connectivity index (χ1v) is 6.36. The maximum atomic E-state index is 12.1. The molecule has 1 fully saturated rings. The van der Waals surface area contributed by atoms with Crippen LogP contribution in [0.2, 0.25) is 0 Å². The molecular formula is C8H13F3N2O3S. The van der Waals surface area contributed by atoms with Gasteiger partial charge in [-0.15, -0.1) is 0 Å². The lowest BCUT2D eigenvalue weighted by Crippen LogP contribution is -2.63. The van der Waals surface area contributed by atoms with E-state index in [0.717, 1.165) is 0 Å². The van der Waals surface area contributed by atoms with Crippen molar-refractivity contribution in [2.24, 2.45) is 5.92 Å². The van der Waals surface area contributed by atoms with Crippen LogP contribution in [-0.2, 0) is 14.8 Å². The summed E-state index contributed by atoms with van der Waals surface area (Å²) in [6.45, 7) is 2.61. The first kappa shape index (κ1) is 14.2. The van der Waals surface area contributed by atoms with Gasteiger partial charge in [0.05, 0.1) is 6.04 Å². The van der Waals surface area contributed by atoms with Crippen LogP contribution in [0.3, 0.4) is 0 Å². The van der Waals surface area contributed by atoms with E-state index in [0.29, 0.717) is 4.31 Å². The van der Waals surface area contributed by atoms with Gasteiger partial charge in [0.1, 0.15) is 0 Å². The predicted octanol–water partition coefficient (Wildman–Crippen LogP) is 0.292. The van der Waals surface area contributed by atoms with Crippen LogP contribution >= 0.6 is 0 Å². The summed E-state index contributed by atoms with van der Waals surface area (Å²) < 4.78 is 58.4. The van der Waals surface area contributed by atoms with Crippen molar-refractivity contribution < 1.29 is 26.4 Å². The van der Waals surface area contributed by atoms with Crippen molar-refractivity contribution >= 4 is 15.9 Å². The molecule has 1 amide bonds. The predicted molar refractivity (Wildman–Crippen MR) is 53.3 cm³/mol. The summed E-state index contributed by atoms with van der Waals surface area (Å²) in [5.74, 6) is -0.595. The topological polar surface area (TPSA) is 66.5 Å². The zero-order valence-electron chi connectivity index (χ0n) is 9.28. The minimum Gasteiger partial charge on any atom is -0.350 e. The second-order valence-electron chi connectivity index (χ2n) is 4.13. The third-order valence-corrected chi connectivity index (χ3v) is 3.91. The highest BCUT2D eigenvalue weighted by Crippen LogP contribution is 2.29. The van der Waals surface area contributed by atoms with E-state index in [9.17, 15) is 26.4 Å². The molecule has 0 unspecified atom stereocenters. The van der Waals surface area contributed by atoms with E-state index in [2.05, 4.69) is 5.32 Å². The van der Waals surface area contributed by atoms with Crippen molar-refractivity contribution in [1.82, 2.24) is 9.62 Å². The largest absolute Gasteiger partial charge is 0.511 e. The number of nitrogens with one attached hydrogen (secondary N) is 1. The minimum absolute atomic E-state index is 0.289. The average molecular weight is 274 g/mol. The number of hydrogen-bond acceptors (Lipinski definition) is 3. The third-order valence-electron chi connectivity index (χ3n) is 2.35. The molecule has 5 nitrogen and oxygen atoms in total. The molecule has 0 atom stereocenters. The van der Waals surface area contributed by atoms with E-state index >= 15 is 0 Å². The molecule has 17 heavy (non-hydrogen) atoms. The van der Waals surface area contributed by atoms with Crippen molar-refractivity contribution in [1.29, 1.82) is 0 Å². The van der Waals surface area contributed by atoms with Crippen LogP contribution in [-0.4, -0.2) is 43.3 Å². The second kappa shape index (κ2) is 4.45. The van der Waals surface area contributed by atoms with Gasteiger partial charge in [0, 0.05) is 19.0 Å². The van der Waals surface area contributed by atoms with Crippen LogP contribution in [0.15, 0.2) is 0 Å². The molecule has 0 aromatic rings. The molecule has 9 heteroatoms. The summed E-state index contributed by atoms with van der Waals surface area (Å²) in [5.41, 5.74) is -5.28. The summed E-state index contributed by atoms with van der Waals surface area (Å²) in [4.78, 5) is 11.2. The highest BCUT2D eigenvalue weighted by molar-refractivity contribution is 7.90. The normalized spacial score (nSPS) is 19.2. The summed E-state index contributed by atoms with van der Waals surface area (Å²) >= 11 is 0. The standard InChI is InChI=1S/C8H13F3N2O3S/c1-5(2)7(14)12-6-3-13(4-6)17(15,16)8(9,10)11/h5-6H,3-4H2,1-2H3,(H,12,14). The molecular weight excluding hydrogens is 261 g/mol. The van der Waals surface area contributed by atoms with Crippen molar-refractivity contribution in [2.75, 3.05) is 13.1 Å². The Kier molecular flexibility index (Phi) is 3.72. The lowest BCUT2D eigenvalue weighted by Gasteiger charge is -2.38. The Labute approximate surface area is 97.0 Å². The smallest absolute Gasteiger partial charge is 0.350 e. The van der Waals surface area contributed by atoms with Gasteiger partial charge >= 0.3 is 15.5 Å². The maximum Gasteiger partial charge on any atom is 0.511 e.